The van der Waals surface area contributed by atoms with Crippen molar-refractivity contribution in [2.45, 2.75) is 26.7 Å². The zero-order valence-electron chi connectivity index (χ0n) is 12.7. The Morgan fingerprint density at radius 1 is 1.33 bits per heavy atom. The van der Waals surface area contributed by atoms with Crippen molar-refractivity contribution >= 4 is 28.1 Å². The predicted molar refractivity (Wildman–Crippen MR) is 93.5 cm³/mol. The minimum atomic E-state index is 0.470. The molecular formula is C18H21ClN2. The molecule has 2 N–H and O–H groups in total. The van der Waals surface area contributed by atoms with E-state index in [1.165, 1.54) is 5.69 Å². The van der Waals surface area contributed by atoms with E-state index in [0.717, 1.165) is 27.1 Å². The van der Waals surface area contributed by atoms with Gasteiger partial charge in [-0.2, -0.15) is 0 Å². The highest BCUT2D eigenvalue weighted by Gasteiger charge is 2.10. The highest BCUT2D eigenvalue weighted by atomic mass is 35.5. The molecule has 0 fully saturated rings. The molecule has 0 saturated carbocycles. The first-order valence-electron chi connectivity index (χ1n) is 7.09. The molecule has 0 aliphatic rings. The first-order chi connectivity index (χ1) is 10.1. The van der Waals surface area contributed by atoms with Gasteiger partial charge < -0.3 is 10.3 Å². The highest BCUT2D eigenvalue weighted by molar-refractivity contribution is 6.33. The quantitative estimate of drug-likeness (QED) is 0.692. The third-order valence-electron chi connectivity index (χ3n) is 3.45. The Bertz CT molecular complexity index is 705. The number of halogens is 1. The molecular weight excluding hydrogens is 280 g/mol. The fourth-order valence-corrected chi connectivity index (χ4v) is 2.54. The standard InChI is InChI=1S/C18H21ClN2/c1-5-13(7-8-20-6-2)15-11-18-14(9-16(15)19)10-17(21-18)12(3)4/h5-12,20-21H,2H2,1,3-4H3/b8-7-,13-5+. The minimum absolute atomic E-state index is 0.470. The number of benzene rings is 1. The van der Waals surface area contributed by atoms with Gasteiger partial charge in [-0.15, -0.1) is 0 Å². The molecule has 0 aliphatic heterocycles. The van der Waals surface area contributed by atoms with E-state index < -0.39 is 0 Å². The molecule has 0 atom stereocenters. The average molecular weight is 301 g/mol. The van der Waals surface area contributed by atoms with Gasteiger partial charge in [0.1, 0.15) is 0 Å². The zero-order chi connectivity index (χ0) is 15.4. The molecule has 2 aromatic rings. The number of hydrogen-bond donors (Lipinski definition) is 2. The highest BCUT2D eigenvalue weighted by Crippen LogP contribution is 2.31. The summed E-state index contributed by atoms with van der Waals surface area (Å²) in [5, 5.41) is 4.86. The maximum Gasteiger partial charge on any atom is 0.0491 e. The minimum Gasteiger partial charge on any atom is -0.368 e. The smallest absolute Gasteiger partial charge is 0.0491 e. The molecule has 2 rings (SSSR count). The van der Waals surface area contributed by atoms with Crippen molar-refractivity contribution in [3.63, 3.8) is 0 Å². The molecule has 21 heavy (non-hydrogen) atoms. The zero-order valence-corrected chi connectivity index (χ0v) is 13.5. The summed E-state index contributed by atoms with van der Waals surface area (Å²) in [7, 11) is 0. The molecule has 0 amide bonds. The van der Waals surface area contributed by atoms with Crippen molar-refractivity contribution in [3.8, 4) is 0 Å². The lowest BCUT2D eigenvalue weighted by molar-refractivity contribution is 0.836. The number of nitrogens with one attached hydrogen (secondary N) is 2. The lowest BCUT2D eigenvalue weighted by Crippen LogP contribution is -1.91. The fraction of sp³-hybridized carbons (Fsp3) is 0.222. The molecule has 0 saturated heterocycles. The Morgan fingerprint density at radius 2 is 2.10 bits per heavy atom. The summed E-state index contributed by atoms with van der Waals surface area (Å²) in [5.74, 6) is 0.470. The fourth-order valence-electron chi connectivity index (χ4n) is 2.26. The van der Waals surface area contributed by atoms with Crippen LogP contribution in [0.3, 0.4) is 0 Å². The number of fused-ring (bicyclic) bond motifs is 1. The Morgan fingerprint density at radius 3 is 2.71 bits per heavy atom. The van der Waals surface area contributed by atoms with E-state index in [-0.39, 0.29) is 0 Å². The van der Waals surface area contributed by atoms with Gasteiger partial charge in [0.2, 0.25) is 0 Å². The van der Waals surface area contributed by atoms with Crippen LogP contribution in [0.15, 0.2) is 49.3 Å². The Hall–Kier alpha value is -1.93. The van der Waals surface area contributed by atoms with E-state index in [2.05, 4.69) is 42.9 Å². The van der Waals surface area contributed by atoms with Gasteiger partial charge in [0.25, 0.3) is 0 Å². The van der Waals surface area contributed by atoms with E-state index >= 15 is 0 Å². The average Bonchev–Trinajstić information content (AvgIpc) is 2.86. The molecule has 2 nitrogen and oxygen atoms in total. The van der Waals surface area contributed by atoms with Crippen LogP contribution in [0.4, 0.5) is 0 Å². The van der Waals surface area contributed by atoms with Crippen molar-refractivity contribution in [2.24, 2.45) is 0 Å². The maximum absolute atomic E-state index is 6.45. The van der Waals surface area contributed by atoms with Crippen molar-refractivity contribution in [3.05, 3.63) is 65.6 Å². The molecule has 1 aromatic heterocycles. The van der Waals surface area contributed by atoms with Crippen LogP contribution >= 0.6 is 11.6 Å². The van der Waals surface area contributed by atoms with E-state index in [4.69, 9.17) is 11.6 Å². The normalized spacial score (nSPS) is 12.5. The summed E-state index contributed by atoms with van der Waals surface area (Å²) in [6, 6.07) is 6.30. The Kier molecular flexibility index (Phi) is 4.92. The van der Waals surface area contributed by atoms with Gasteiger partial charge in [0.15, 0.2) is 0 Å². The topological polar surface area (TPSA) is 27.8 Å². The van der Waals surface area contributed by atoms with Gasteiger partial charge >= 0.3 is 0 Å². The summed E-state index contributed by atoms with van der Waals surface area (Å²) < 4.78 is 0. The van der Waals surface area contributed by atoms with Crippen LogP contribution in [0.1, 0.15) is 37.9 Å². The molecule has 0 radical (unpaired) electrons. The first kappa shape index (κ1) is 15.5. The van der Waals surface area contributed by atoms with Crippen LogP contribution in [-0.4, -0.2) is 4.98 Å². The molecule has 0 aliphatic carbocycles. The van der Waals surface area contributed by atoms with Gasteiger partial charge in [0, 0.05) is 33.4 Å². The summed E-state index contributed by atoms with van der Waals surface area (Å²) in [6.45, 7) is 9.97. The number of rotatable bonds is 5. The molecule has 1 heterocycles. The lowest BCUT2D eigenvalue weighted by atomic mass is 10.0. The second-order valence-electron chi connectivity index (χ2n) is 5.25. The van der Waals surface area contributed by atoms with Crippen LogP contribution in [0.25, 0.3) is 16.5 Å². The van der Waals surface area contributed by atoms with Gasteiger partial charge in [-0.3, -0.25) is 0 Å². The van der Waals surface area contributed by atoms with Crippen molar-refractivity contribution in [2.75, 3.05) is 0 Å². The van der Waals surface area contributed by atoms with Gasteiger partial charge in [-0.25, -0.2) is 0 Å². The lowest BCUT2D eigenvalue weighted by Gasteiger charge is -2.06. The number of aromatic amines is 1. The molecule has 3 heteroatoms. The van der Waals surface area contributed by atoms with Crippen LogP contribution in [0, 0.1) is 0 Å². The molecule has 110 valence electrons. The second-order valence-corrected chi connectivity index (χ2v) is 5.65. The summed E-state index contributed by atoms with van der Waals surface area (Å²) >= 11 is 6.45. The van der Waals surface area contributed by atoms with E-state index in [9.17, 15) is 0 Å². The van der Waals surface area contributed by atoms with Crippen molar-refractivity contribution < 1.29 is 0 Å². The van der Waals surface area contributed by atoms with Crippen LogP contribution < -0.4 is 5.32 Å². The summed E-state index contributed by atoms with van der Waals surface area (Å²) in [6.07, 6.45) is 7.51. The summed E-state index contributed by atoms with van der Waals surface area (Å²) in [5.41, 5.74) is 4.43. The third kappa shape index (κ3) is 3.40. The van der Waals surface area contributed by atoms with Gasteiger partial charge in [0.05, 0.1) is 0 Å². The van der Waals surface area contributed by atoms with E-state index in [0.29, 0.717) is 5.92 Å². The number of aromatic nitrogens is 1. The molecule has 0 spiro atoms. The van der Waals surface area contributed by atoms with E-state index in [1.807, 2.05) is 31.3 Å². The van der Waals surface area contributed by atoms with Crippen molar-refractivity contribution in [1.29, 1.82) is 0 Å². The Labute approximate surface area is 131 Å². The van der Waals surface area contributed by atoms with Crippen molar-refractivity contribution in [1.82, 2.24) is 10.3 Å². The molecule has 0 bridgehead atoms. The summed E-state index contributed by atoms with van der Waals surface area (Å²) in [4.78, 5) is 3.47. The van der Waals surface area contributed by atoms with Crippen LogP contribution in [0.2, 0.25) is 5.02 Å². The maximum atomic E-state index is 6.45. The third-order valence-corrected chi connectivity index (χ3v) is 3.76. The molecule has 0 unspecified atom stereocenters. The largest absolute Gasteiger partial charge is 0.368 e. The van der Waals surface area contributed by atoms with Gasteiger partial charge in [-0.1, -0.05) is 38.1 Å². The predicted octanol–water partition coefficient (Wildman–Crippen LogP) is 5.59. The second kappa shape index (κ2) is 6.68. The van der Waals surface area contributed by atoms with Gasteiger partial charge in [-0.05, 0) is 48.9 Å². The Balaban J connectivity index is 2.48. The molecule has 1 aromatic carbocycles. The van der Waals surface area contributed by atoms with Crippen LogP contribution in [0.5, 0.6) is 0 Å². The van der Waals surface area contributed by atoms with Crippen LogP contribution in [-0.2, 0) is 0 Å². The number of allylic oxidation sites excluding steroid dienone is 3. The number of H-pyrrole nitrogens is 1. The monoisotopic (exact) mass is 300 g/mol. The number of hydrogen-bond acceptors (Lipinski definition) is 1. The van der Waals surface area contributed by atoms with E-state index in [1.54, 1.807) is 6.20 Å². The SMILES string of the molecule is C=CN/C=C\C(=C/C)c1cc2[nH]c(C(C)C)cc2cc1Cl. The first-order valence-corrected chi connectivity index (χ1v) is 7.47.